The van der Waals surface area contributed by atoms with Crippen molar-refractivity contribution in [1.82, 2.24) is 4.57 Å². The van der Waals surface area contributed by atoms with Gasteiger partial charge in [0, 0.05) is 35.4 Å². The fourth-order valence-corrected chi connectivity index (χ4v) is 7.40. The zero-order valence-electron chi connectivity index (χ0n) is 20.9. The molecule has 0 saturated carbocycles. The van der Waals surface area contributed by atoms with E-state index in [9.17, 15) is 0 Å². The van der Waals surface area contributed by atoms with Crippen molar-refractivity contribution in [3.63, 3.8) is 0 Å². The zero-order chi connectivity index (χ0) is 25.9. The van der Waals surface area contributed by atoms with Gasteiger partial charge in [-0.25, -0.2) is 0 Å². The number of aromatic nitrogens is 1. The third-order valence-corrected chi connectivity index (χ3v) is 9.30. The minimum atomic E-state index is 1.09. The molecule has 0 fully saturated rings. The van der Waals surface area contributed by atoms with Crippen molar-refractivity contribution in [3.05, 3.63) is 138 Å². The average Bonchev–Trinajstić information content (AvgIpc) is 3.53. The normalized spacial score (nSPS) is 11.7. The van der Waals surface area contributed by atoms with Gasteiger partial charge in [-0.15, -0.1) is 11.3 Å². The van der Waals surface area contributed by atoms with E-state index in [0.29, 0.717) is 0 Å². The van der Waals surface area contributed by atoms with Crippen molar-refractivity contribution in [2.24, 2.45) is 0 Å². The van der Waals surface area contributed by atoms with E-state index in [1.807, 2.05) is 11.3 Å². The van der Waals surface area contributed by atoms with Gasteiger partial charge in [-0.05, 0) is 64.7 Å². The number of para-hydroxylation sites is 1. The van der Waals surface area contributed by atoms with Gasteiger partial charge in [0.15, 0.2) is 0 Å². The lowest BCUT2D eigenvalue weighted by Crippen LogP contribution is -1.94. The van der Waals surface area contributed by atoms with Crippen LogP contribution in [0.25, 0.3) is 69.9 Å². The van der Waals surface area contributed by atoms with Gasteiger partial charge in [-0.3, -0.25) is 0 Å². The van der Waals surface area contributed by atoms with Crippen molar-refractivity contribution in [1.29, 1.82) is 0 Å². The topological polar surface area (TPSA) is 4.93 Å². The Labute approximate surface area is 238 Å². The highest BCUT2D eigenvalue weighted by Gasteiger charge is 2.17. The molecule has 0 bridgehead atoms. The summed E-state index contributed by atoms with van der Waals surface area (Å²) in [5.74, 6) is 0. The first-order valence-electron chi connectivity index (χ1n) is 13.0. The van der Waals surface area contributed by atoms with Crippen LogP contribution in [-0.2, 0) is 0 Å². The Kier molecular flexibility index (Phi) is 5.22. The molecule has 8 rings (SSSR count). The van der Waals surface area contributed by atoms with Gasteiger partial charge in [-0.2, -0.15) is 0 Å². The number of hydrogen-bond donors (Lipinski definition) is 0. The number of rotatable bonds is 3. The molecule has 2 heterocycles. The summed E-state index contributed by atoms with van der Waals surface area (Å²) in [6, 6.07) is 48.5. The smallest absolute Gasteiger partial charge is 0.0555 e. The molecule has 6 aromatic carbocycles. The molecule has 0 unspecified atom stereocenters. The van der Waals surface area contributed by atoms with Gasteiger partial charge >= 0.3 is 0 Å². The Morgan fingerprint density at radius 3 is 1.92 bits per heavy atom. The Morgan fingerprint density at radius 2 is 1.10 bits per heavy atom. The van der Waals surface area contributed by atoms with E-state index in [1.54, 1.807) is 0 Å². The van der Waals surface area contributed by atoms with Crippen LogP contribution < -0.4 is 0 Å². The summed E-state index contributed by atoms with van der Waals surface area (Å²) >= 11 is 5.47. The quantitative estimate of drug-likeness (QED) is 0.196. The van der Waals surface area contributed by atoms with E-state index < -0.39 is 0 Å². The van der Waals surface area contributed by atoms with Gasteiger partial charge in [-0.1, -0.05) is 107 Å². The van der Waals surface area contributed by atoms with Crippen LogP contribution in [0.4, 0.5) is 0 Å². The maximum absolute atomic E-state index is 3.60. The first kappa shape index (κ1) is 22.8. The molecule has 0 aliphatic carbocycles. The SMILES string of the molecule is Brc1cccc(-c2ccc(-c3ccc4c5ccccc5n(-c5cccc6sc7ccccc7c56)c4c3)cc2)c1. The summed E-state index contributed by atoms with van der Waals surface area (Å²) in [6.45, 7) is 0. The highest BCUT2D eigenvalue weighted by Crippen LogP contribution is 2.41. The molecular weight excluding hydrogens is 558 g/mol. The Balaban J connectivity index is 1.36. The van der Waals surface area contributed by atoms with Crippen molar-refractivity contribution in [2.75, 3.05) is 0 Å². The first-order valence-corrected chi connectivity index (χ1v) is 14.7. The fraction of sp³-hybridized carbons (Fsp3) is 0. The molecule has 8 aromatic rings. The molecule has 0 aliphatic heterocycles. The minimum Gasteiger partial charge on any atom is -0.309 e. The lowest BCUT2D eigenvalue weighted by molar-refractivity contribution is 1.20. The fourth-order valence-electron chi connectivity index (χ4n) is 5.88. The van der Waals surface area contributed by atoms with Gasteiger partial charge in [0.05, 0.1) is 16.7 Å². The molecule has 0 spiro atoms. The summed E-state index contributed by atoms with van der Waals surface area (Å²) in [4.78, 5) is 0. The molecule has 0 N–H and O–H groups in total. The van der Waals surface area contributed by atoms with Crippen molar-refractivity contribution in [3.8, 4) is 27.9 Å². The summed E-state index contributed by atoms with van der Waals surface area (Å²) in [5.41, 5.74) is 8.55. The average molecular weight is 581 g/mol. The molecule has 39 heavy (non-hydrogen) atoms. The molecule has 0 aliphatic rings. The Morgan fingerprint density at radius 1 is 0.462 bits per heavy atom. The molecule has 3 heteroatoms. The number of halogens is 1. The highest BCUT2D eigenvalue weighted by molar-refractivity contribution is 9.10. The Bertz CT molecular complexity index is 2180. The van der Waals surface area contributed by atoms with Crippen LogP contribution in [0.5, 0.6) is 0 Å². The second-order valence-corrected chi connectivity index (χ2v) is 11.9. The van der Waals surface area contributed by atoms with Crippen LogP contribution in [0.2, 0.25) is 0 Å². The van der Waals surface area contributed by atoms with Crippen LogP contribution in [0.3, 0.4) is 0 Å². The molecule has 184 valence electrons. The van der Waals surface area contributed by atoms with Gasteiger partial charge in [0.2, 0.25) is 0 Å². The van der Waals surface area contributed by atoms with Crippen LogP contribution in [-0.4, -0.2) is 4.57 Å². The molecule has 0 amide bonds. The summed E-state index contributed by atoms with van der Waals surface area (Å²) < 4.78 is 6.20. The van der Waals surface area contributed by atoms with E-state index in [0.717, 1.165) is 4.47 Å². The lowest BCUT2D eigenvalue weighted by Gasteiger charge is -2.11. The number of nitrogens with zero attached hydrogens (tertiary/aromatic N) is 1. The van der Waals surface area contributed by atoms with Crippen LogP contribution in [0.15, 0.2) is 138 Å². The molecule has 0 saturated heterocycles. The van der Waals surface area contributed by atoms with E-state index in [2.05, 4.69) is 154 Å². The summed E-state index contributed by atoms with van der Waals surface area (Å²) in [6.07, 6.45) is 0. The number of benzene rings is 6. The maximum Gasteiger partial charge on any atom is 0.0555 e. The van der Waals surface area contributed by atoms with Crippen molar-refractivity contribution < 1.29 is 0 Å². The predicted octanol–water partition coefficient (Wildman–Crippen LogP) is 11.2. The van der Waals surface area contributed by atoms with E-state index in [-0.39, 0.29) is 0 Å². The van der Waals surface area contributed by atoms with Gasteiger partial charge < -0.3 is 4.57 Å². The number of fused-ring (bicyclic) bond motifs is 6. The van der Waals surface area contributed by atoms with Crippen LogP contribution in [0.1, 0.15) is 0 Å². The van der Waals surface area contributed by atoms with Crippen molar-refractivity contribution >= 4 is 69.2 Å². The molecular formula is C36H22BrNS. The maximum atomic E-state index is 3.60. The van der Waals surface area contributed by atoms with E-state index in [1.165, 1.54) is 69.9 Å². The van der Waals surface area contributed by atoms with Crippen LogP contribution in [0, 0.1) is 0 Å². The molecule has 2 aromatic heterocycles. The molecule has 0 radical (unpaired) electrons. The lowest BCUT2D eigenvalue weighted by atomic mass is 9.99. The molecule has 1 nitrogen and oxygen atoms in total. The number of thiophene rings is 1. The summed E-state index contributed by atoms with van der Waals surface area (Å²) in [7, 11) is 0. The van der Waals surface area contributed by atoms with E-state index >= 15 is 0 Å². The van der Waals surface area contributed by atoms with E-state index in [4.69, 9.17) is 0 Å². The van der Waals surface area contributed by atoms with Crippen LogP contribution >= 0.6 is 27.3 Å². The largest absolute Gasteiger partial charge is 0.309 e. The predicted molar refractivity (Wildman–Crippen MR) is 172 cm³/mol. The molecule has 0 atom stereocenters. The summed E-state index contributed by atoms with van der Waals surface area (Å²) in [5, 5.41) is 5.19. The monoisotopic (exact) mass is 579 g/mol. The van der Waals surface area contributed by atoms with Crippen molar-refractivity contribution in [2.45, 2.75) is 0 Å². The second kappa shape index (κ2) is 8.94. The number of hydrogen-bond acceptors (Lipinski definition) is 1. The third-order valence-electron chi connectivity index (χ3n) is 7.67. The van der Waals surface area contributed by atoms with Gasteiger partial charge in [0.25, 0.3) is 0 Å². The standard InChI is InChI=1S/C36H22BrNS/c37-27-8-5-7-25(21-27)23-15-17-24(18-16-23)26-19-20-29-28-9-1-3-11-31(28)38(33(29)22-26)32-12-6-14-35-36(32)30-10-2-4-13-34(30)39-35/h1-22H. The van der Waals surface area contributed by atoms with Gasteiger partial charge in [0.1, 0.15) is 0 Å². The third kappa shape index (κ3) is 3.65. The zero-order valence-corrected chi connectivity index (χ0v) is 23.3. The second-order valence-electron chi connectivity index (χ2n) is 9.92. The minimum absolute atomic E-state index is 1.09. The highest BCUT2D eigenvalue weighted by atomic mass is 79.9. The Hall–Kier alpha value is -4.18. The first-order chi connectivity index (χ1) is 19.2.